The molecule has 0 aliphatic heterocycles. The highest BCUT2D eigenvalue weighted by Gasteiger charge is 1.89. The van der Waals surface area contributed by atoms with E-state index >= 15 is 0 Å². The van der Waals surface area contributed by atoms with Crippen LogP contribution < -0.4 is 0 Å². The van der Waals surface area contributed by atoms with E-state index in [0.717, 1.165) is 5.69 Å². The normalized spacial score (nSPS) is 8.67. The van der Waals surface area contributed by atoms with Crippen LogP contribution in [0.1, 0.15) is 25.1 Å². The summed E-state index contributed by atoms with van der Waals surface area (Å²) in [6.07, 6.45) is 1.84. The maximum absolute atomic E-state index is 4.91. The van der Waals surface area contributed by atoms with Gasteiger partial charge in [-0.1, -0.05) is 19.9 Å². The molecule has 0 atom stereocenters. The van der Waals surface area contributed by atoms with Crippen molar-refractivity contribution >= 4 is 0 Å². The van der Waals surface area contributed by atoms with Gasteiger partial charge in [0.15, 0.2) is 0 Å². The molecule has 1 aromatic rings. The fourth-order valence-electron chi connectivity index (χ4n) is 0.732. The molecular formula is C10H17NO. The van der Waals surface area contributed by atoms with Gasteiger partial charge in [-0.2, -0.15) is 0 Å². The number of hydrogen-bond donors (Lipinski definition) is 0. The van der Waals surface area contributed by atoms with Crippen molar-refractivity contribution in [3.05, 3.63) is 29.6 Å². The molecule has 0 aliphatic carbocycles. The topological polar surface area (TPSA) is 22.1 Å². The van der Waals surface area contributed by atoms with Gasteiger partial charge in [0.1, 0.15) is 0 Å². The van der Waals surface area contributed by atoms with E-state index in [0.29, 0.717) is 6.61 Å². The van der Waals surface area contributed by atoms with Crippen LogP contribution >= 0.6 is 0 Å². The third-order valence-electron chi connectivity index (χ3n) is 1.26. The lowest BCUT2D eigenvalue weighted by Gasteiger charge is -1.97. The number of aromatic nitrogens is 1. The molecule has 68 valence electrons. The Morgan fingerprint density at radius 2 is 2.00 bits per heavy atom. The van der Waals surface area contributed by atoms with Crippen LogP contribution in [0, 0.1) is 6.92 Å². The molecule has 12 heavy (non-hydrogen) atoms. The molecule has 2 nitrogen and oxygen atoms in total. The van der Waals surface area contributed by atoms with Crippen LogP contribution in [-0.2, 0) is 11.3 Å². The van der Waals surface area contributed by atoms with Crippen LogP contribution in [0.4, 0.5) is 0 Å². The summed E-state index contributed by atoms with van der Waals surface area (Å²) in [5.41, 5.74) is 2.16. The van der Waals surface area contributed by atoms with Crippen molar-refractivity contribution in [2.45, 2.75) is 27.4 Å². The quantitative estimate of drug-likeness (QED) is 0.675. The van der Waals surface area contributed by atoms with Gasteiger partial charge in [0, 0.05) is 13.3 Å². The maximum atomic E-state index is 4.91. The maximum Gasteiger partial charge on any atom is 0.0884 e. The number of ether oxygens (including phenoxy) is 1. The number of rotatable bonds is 2. The first kappa shape index (κ1) is 11.1. The van der Waals surface area contributed by atoms with Crippen molar-refractivity contribution in [2.75, 3.05) is 7.11 Å². The monoisotopic (exact) mass is 167 g/mol. The van der Waals surface area contributed by atoms with Crippen LogP contribution in [0.2, 0.25) is 0 Å². The van der Waals surface area contributed by atoms with Gasteiger partial charge in [0.2, 0.25) is 0 Å². The minimum absolute atomic E-state index is 0.597. The van der Waals surface area contributed by atoms with E-state index < -0.39 is 0 Å². The van der Waals surface area contributed by atoms with Crippen molar-refractivity contribution in [1.29, 1.82) is 0 Å². The fraction of sp³-hybridized carbons (Fsp3) is 0.500. The molecule has 0 fully saturated rings. The molecule has 0 saturated heterocycles. The van der Waals surface area contributed by atoms with Gasteiger partial charge in [-0.05, 0) is 18.6 Å². The number of hydrogen-bond acceptors (Lipinski definition) is 2. The van der Waals surface area contributed by atoms with Gasteiger partial charge >= 0.3 is 0 Å². The SMILES string of the molecule is CC.COCc1ccc(C)cn1. The molecule has 0 radical (unpaired) electrons. The first-order chi connectivity index (χ1) is 5.83. The number of methoxy groups -OCH3 is 1. The summed E-state index contributed by atoms with van der Waals surface area (Å²) in [4.78, 5) is 4.14. The minimum atomic E-state index is 0.597. The summed E-state index contributed by atoms with van der Waals surface area (Å²) in [6.45, 7) is 6.61. The van der Waals surface area contributed by atoms with Gasteiger partial charge in [0.05, 0.1) is 12.3 Å². The Balaban J connectivity index is 0.000000561. The van der Waals surface area contributed by atoms with E-state index in [1.54, 1.807) is 7.11 Å². The van der Waals surface area contributed by atoms with Crippen LogP contribution in [0.5, 0.6) is 0 Å². The van der Waals surface area contributed by atoms with Crippen molar-refractivity contribution in [2.24, 2.45) is 0 Å². The second kappa shape index (κ2) is 6.80. The van der Waals surface area contributed by atoms with E-state index in [-0.39, 0.29) is 0 Å². The number of pyridine rings is 1. The Bertz CT molecular complexity index is 193. The average Bonchev–Trinajstić information content (AvgIpc) is 2.13. The van der Waals surface area contributed by atoms with E-state index in [1.807, 2.05) is 39.1 Å². The summed E-state index contributed by atoms with van der Waals surface area (Å²) >= 11 is 0. The Morgan fingerprint density at radius 1 is 1.33 bits per heavy atom. The van der Waals surface area contributed by atoms with Crippen LogP contribution in [-0.4, -0.2) is 12.1 Å². The molecule has 1 heterocycles. The molecule has 0 aliphatic rings. The smallest absolute Gasteiger partial charge is 0.0884 e. The number of nitrogens with zero attached hydrogens (tertiary/aromatic N) is 1. The Labute approximate surface area is 74.6 Å². The van der Waals surface area contributed by atoms with Gasteiger partial charge in [-0.25, -0.2) is 0 Å². The summed E-state index contributed by atoms with van der Waals surface area (Å²) in [5, 5.41) is 0. The zero-order chi connectivity index (χ0) is 9.40. The summed E-state index contributed by atoms with van der Waals surface area (Å²) in [7, 11) is 1.67. The predicted octanol–water partition coefficient (Wildman–Crippen LogP) is 2.56. The molecule has 0 aromatic carbocycles. The van der Waals surface area contributed by atoms with E-state index in [4.69, 9.17) is 4.74 Å². The molecule has 1 aromatic heterocycles. The van der Waals surface area contributed by atoms with Crippen LogP contribution in [0.3, 0.4) is 0 Å². The highest BCUT2D eigenvalue weighted by Crippen LogP contribution is 1.98. The lowest BCUT2D eigenvalue weighted by molar-refractivity contribution is 0.181. The van der Waals surface area contributed by atoms with Crippen LogP contribution in [0.15, 0.2) is 18.3 Å². The Hall–Kier alpha value is -0.890. The molecule has 2 heteroatoms. The van der Waals surface area contributed by atoms with Crippen molar-refractivity contribution in [3.8, 4) is 0 Å². The summed E-state index contributed by atoms with van der Waals surface area (Å²) in [5.74, 6) is 0. The molecule has 0 unspecified atom stereocenters. The molecule has 0 bridgehead atoms. The molecule has 0 saturated carbocycles. The third kappa shape index (κ3) is 4.09. The van der Waals surface area contributed by atoms with E-state index in [2.05, 4.69) is 4.98 Å². The highest BCUT2D eigenvalue weighted by atomic mass is 16.5. The standard InChI is InChI=1S/C8H11NO.C2H6/c1-7-3-4-8(6-10-2)9-5-7;1-2/h3-5H,6H2,1-2H3;1-2H3. The van der Waals surface area contributed by atoms with E-state index in [1.165, 1.54) is 5.56 Å². The highest BCUT2D eigenvalue weighted by molar-refractivity contribution is 5.11. The Morgan fingerprint density at radius 3 is 2.42 bits per heavy atom. The summed E-state index contributed by atoms with van der Waals surface area (Å²) < 4.78 is 4.91. The van der Waals surface area contributed by atoms with E-state index in [9.17, 15) is 0 Å². The van der Waals surface area contributed by atoms with Gasteiger partial charge in [-0.15, -0.1) is 0 Å². The molecular weight excluding hydrogens is 150 g/mol. The van der Waals surface area contributed by atoms with Gasteiger partial charge < -0.3 is 4.74 Å². The third-order valence-corrected chi connectivity index (χ3v) is 1.26. The average molecular weight is 167 g/mol. The number of aryl methyl sites for hydroxylation is 1. The van der Waals surface area contributed by atoms with Crippen molar-refractivity contribution in [1.82, 2.24) is 4.98 Å². The fourth-order valence-corrected chi connectivity index (χ4v) is 0.732. The zero-order valence-electron chi connectivity index (χ0n) is 8.29. The molecule has 0 N–H and O–H groups in total. The van der Waals surface area contributed by atoms with Gasteiger partial charge in [-0.3, -0.25) is 4.98 Å². The van der Waals surface area contributed by atoms with Crippen LogP contribution in [0.25, 0.3) is 0 Å². The predicted molar refractivity (Wildman–Crippen MR) is 51.0 cm³/mol. The lowest BCUT2D eigenvalue weighted by atomic mass is 10.3. The first-order valence-corrected chi connectivity index (χ1v) is 4.23. The van der Waals surface area contributed by atoms with Gasteiger partial charge in [0.25, 0.3) is 0 Å². The summed E-state index contributed by atoms with van der Waals surface area (Å²) in [6, 6.07) is 4.00. The molecule has 0 spiro atoms. The second-order valence-corrected chi connectivity index (χ2v) is 2.26. The minimum Gasteiger partial charge on any atom is -0.378 e. The second-order valence-electron chi connectivity index (χ2n) is 2.26. The molecule has 0 amide bonds. The lowest BCUT2D eigenvalue weighted by Crippen LogP contribution is -1.90. The van der Waals surface area contributed by atoms with Crippen molar-refractivity contribution < 1.29 is 4.74 Å². The largest absolute Gasteiger partial charge is 0.378 e. The van der Waals surface area contributed by atoms with Crippen molar-refractivity contribution in [3.63, 3.8) is 0 Å². The molecule has 1 rings (SSSR count). The first-order valence-electron chi connectivity index (χ1n) is 4.23. The zero-order valence-corrected chi connectivity index (χ0v) is 8.29. The Kier molecular flexibility index (Phi) is 6.29.